The fraction of sp³-hybridized carbons (Fsp3) is 0.476. The average Bonchev–Trinajstić information content (AvgIpc) is 3.17. The van der Waals surface area contributed by atoms with E-state index < -0.39 is 0 Å². The lowest BCUT2D eigenvalue weighted by molar-refractivity contribution is -0.117. The standard InChI is InChI=1S/C21H28ClN3OS/c1-3-17-5-6-19(22)18(4-2)21(17)23-20(26)14-25-10-8-24(9-11-25)13-16-7-12-27-15-16/h5-7,12,15H,3-4,8-11,13-14H2,1-2H3,(H,23,26). The fourth-order valence-electron chi connectivity index (χ4n) is 3.60. The first-order valence-corrected chi connectivity index (χ1v) is 11.0. The number of benzene rings is 1. The Morgan fingerprint density at radius 1 is 1.11 bits per heavy atom. The highest BCUT2D eigenvalue weighted by Crippen LogP contribution is 2.29. The maximum absolute atomic E-state index is 12.7. The number of rotatable bonds is 7. The molecule has 1 amide bonds. The maximum Gasteiger partial charge on any atom is 0.238 e. The summed E-state index contributed by atoms with van der Waals surface area (Å²) in [5.74, 6) is 0.0490. The summed E-state index contributed by atoms with van der Waals surface area (Å²) in [7, 11) is 0. The van der Waals surface area contributed by atoms with Gasteiger partial charge in [-0.3, -0.25) is 14.6 Å². The van der Waals surface area contributed by atoms with Gasteiger partial charge >= 0.3 is 0 Å². The SMILES string of the molecule is CCc1ccc(Cl)c(CC)c1NC(=O)CN1CCN(Cc2ccsc2)CC1. The van der Waals surface area contributed by atoms with E-state index in [1.165, 1.54) is 5.56 Å². The molecule has 0 bridgehead atoms. The minimum Gasteiger partial charge on any atom is -0.324 e. The van der Waals surface area contributed by atoms with Gasteiger partial charge in [-0.1, -0.05) is 31.5 Å². The predicted molar refractivity (Wildman–Crippen MR) is 115 cm³/mol. The maximum atomic E-state index is 12.7. The first-order valence-electron chi connectivity index (χ1n) is 9.66. The molecule has 4 nitrogen and oxygen atoms in total. The van der Waals surface area contributed by atoms with Gasteiger partial charge in [0.2, 0.25) is 5.91 Å². The van der Waals surface area contributed by atoms with Crippen molar-refractivity contribution in [1.29, 1.82) is 0 Å². The van der Waals surface area contributed by atoms with E-state index in [9.17, 15) is 4.79 Å². The van der Waals surface area contributed by atoms with Crippen molar-refractivity contribution in [2.24, 2.45) is 0 Å². The lowest BCUT2D eigenvalue weighted by Crippen LogP contribution is -2.48. The van der Waals surface area contributed by atoms with Crippen molar-refractivity contribution in [3.63, 3.8) is 0 Å². The third-order valence-corrected chi connectivity index (χ3v) is 6.25. The molecule has 0 saturated carbocycles. The summed E-state index contributed by atoms with van der Waals surface area (Å²) in [6.45, 7) is 9.47. The van der Waals surface area contributed by atoms with Crippen LogP contribution in [0.1, 0.15) is 30.5 Å². The van der Waals surface area contributed by atoms with Gasteiger partial charge in [-0.2, -0.15) is 11.3 Å². The van der Waals surface area contributed by atoms with Crippen LogP contribution in [0.25, 0.3) is 0 Å². The largest absolute Gasteiger partial charge is 0.324 e. The Morgan fingerprint density at radius 2 is 1.85 bits per heavy atom. The van der Waals surface area contributed by atoms with E-state index in [1.54, 1.807) is 11.3 Å². The van der Waals surface area contributed by atoms with Gasteiger partial charge in [0.1, 0.15) is 0 Å². The quantitative estimate of drug-likeness (QED) is 0.746. The monoisotopic (exact) mass is 405 g/mol. The Labute approximate surface area is 171 Å². The zero-order valence-electron chi connectivity index (χ0n) is 16.1. The Morgan fingerprint density at radius 3 is 2.48 bits per heavy atom. The van der Waals surface area contributed by atoms with Crippen LogP contribution in [0.15, 0.2) is 29.0 Å². The van der Waals surface area contributed by atoms with E-state index in [1.807, 2.05) is 12.1 Å². The number of aryl methyl sites for hydroxylation is 1. The highest BCUT2D eigenvalue weighted by atomic mass is 35.5. The summed E-state index contributed by atoms with van der Waals surface area (Å²) in [6, 6.07) is 6.13. The number of nitrogens with zero attached hydrogens (tertiary/aromatic N) is 2. The van der Waals surface area contributed by atoms with Gasteiger partial charge in [-0.25, -0.2) is 0 Å². The van der Waals surface area contributed by atoms with Crippen LogP contribution in [0.3, 0.4) is 0 Å². The summed E-state index contributed by atoms with van der Waals surface area (Å²) in [4.78, 5) is 17.4. The van der Waals surface area contributed by atoms with Crippen LogP contribution < -0.4 is 5.32 Å². The molecule has 0 spiro atoms. The van der Waals surface area contributed by atoms with Crippen molar-refractivity contribution >= 4 is 34.5 Å². The van der Waals surface area contributed by atoms with Gasteiger partial charge < -0.3 is 5.32 Å². The molecule has 1 N–H and O–H groups in total. The van der Waals surface area contributed by atoms with Crippen LogP contribution in [0.5, 0.6) is 0 Å². The molecule has 1 aliphatic rings. The number of carbonyl (C=O) groups excluding carboxylic acids is 1. The second-order valence-electron chi connectivity index (χ2n) is 7.00. The minimum absolute atomic E-state index is 0.0490. The molecule has 0 aliphatic carbocycles. The van der Waals surface area contributed by atoms with Gasteiger partial charge in [0, 0.05) is 43.4 Å². The van der Waals surface area contributed by atoms with Crippen molar-refractivity contribution in [2.75, 3.05) is 38.0 Å². The third kappa shape index (κ3) is 5.32. The van der Waals surface area contributed by atoms with Crippen molar-refractivity contribution < 1.29 is 4.79 Å². The topological polar surface area (TPSA) is 35.6 Å². The van der Waals surface area contributed by atoms with Crippen LogP contribution in [0.2, 0.25) is 5.02 Å². The van der Waals surface area contributed by atoms with Crippen molar-refractivity contribution in [3.8, 4) is 0 Å². The molecule has 27 heavy (non-hydrogen) atoms. The molecule has 0 radical (unpaired) electrons. The van der Waals surface area contributed by atoms with Crippen LogP contribution in [0.4, 0.5) is 5.69 Å². The second kappa shape index (κ2) is 9.69. The number of hydrogen-bond acceptors (Lipinski definition) is 4. The molecule has 6 heteroatoms. The molecular formula is C21H28ClN3OS. The summed E-state index contributed by atoms with van der Waals surface area (Å²) >= 11 is 8.09. The highest BCUT2D eigenvalue weighted by Gasteiger charge is 2.20. The van der Waals surface area contributed by atoms with Gasteiger partial charge in [-0.05, 0) is 52.4 Å². The second-order valence-corrected chi connectivity index (χ2v) is 8.19. The Hall–Kier alpha value is -1.40. The lowest BCUT2D eigenvalue weighted by atomic mass is 10.0. The van der Waals surface area contributed by atoms with Crippen LogP contribution in [-0.2, 0) is 24.2 Å². The first kappa shape index (κ1) is 20.3. The zero-order chi connectivity index (χ0) is 19.2. The van der Waals surface area contributed by atoms with E-state index in [0.717, 1.165) is 67.4 Å². The summed E-state index contributed by atoms with van der Waals surface area (Å²) in [5, 5.41) is 8.20. The summed E-state index contributed by atoms with van der Waals surface area (Å²) in [5.41, 5.74) is 4.47. The van der Waals surface area contributed by atoms with E-state index in [0.29, 0.717) is 6.54 Å². The molecule has 1 saturated heterocycles. The van der Waals surface area contributed by atoms with Crippen LogP contribution in [0, 0.1) is 0 Å². The number of anilines is 1. The lowest BCUT2D eigenvalue weighted by Gasteiger charge is -2.34. The van der Waals surface area contributed by atoms with E-state index >= 15 is 0 Å². The van der Waals surface area contributed by atoms with Crippen molar-refractivity contribution in [2.45, 2.75) is 33.2 Å². The summed E-state index contributed by atoms with van der Waals surface area (Å²) in [6.07, 6.45) is 1.69. The Balaban J connectivity index is 1.54. The predicted octanol–water partition coefficient (Wildman–Crippen LogP) is 4.28. The molecule has 2 aromatic rings. The smallest absolute Gasteiger partial charge is 0.238 e. The average molecular weight is 406 g/mol. The number of halogens is 1. The van der Waals surface area contributed by atoms with Gasteiger partial charge in [-0.15, -0.1) is 0 Å². The number of piperazine rings is 1. The third-order valence-electron chi connectivity index (χ3n) is 5.16. The van der Waals surface area contributed by atoms with E-state index in [4.69, 9.17) is 11.6 Å². The number of carbonyl (C=O) groups is 1. The number of thiophene rings is 1. The normalized spacial score (nSPS) is 15.8. The molecular weight excluding hydrogens is 378 g/mol. The molecule has 1 aromatic heterocycles. The van der Waals surface area contributed by atoms with Gasteiger partial charge in [0.05, 0.1) is 6.54 Å². The zero-order valence-corrected chi connectivity index (χ0v) is 17.7. The minimum atomic E-state index is 0.0490. The first-order chi connectivity index (χ1) is 13.1. The van der Waals surface area contributed by atoms with Crippen LogP contribution >= 0.6 is 22.9 Å². The summed E-state index contributed by atoms with van der Waals surface area (Å²) < 4.78 is 0. The molecule has 3 rings (SSSR count). The number of hydrogen-bond donors (Lipinski definition) is 1. The van der Waals surface area contributed by atoms with Crippen molar-refractivity contribution in [1.82, 2.24) is 9.80 Å². The molecule has 1 fully saturated rings. The molecule has 1 aliphatic heterocycles. The van der Waals surface area contributed by atoms with Crippen molar-refractivity contribution in [3.05, 3.63) is 50.7 Å². The molecule has 0 atom stereocenters. The van der Waals surface area contributed by atoms with Crippen LogP contribution in [-0.4, -0.2) is 48.4 Å². The van der Waals surface area contributed by atoms with E-state index in [-0.39, 0.29) is 5.91 Å². The fourth-order valence-corrected chi connectivity index (χ4v) is 4.55. The Kier molecular flexibility index (Phi) is 7.30. The molecule has 146 valence electrons. The molecule has 0 unspecified atom stereocenters. The molecule has 2 heterocycles. The van der Waals surface area contributed by atoms with Gasteiger partial charge in [0.15, 0.2) is 0 Å². The van der Waals surface area contributed by atoms with E-state index in [2.05, 4.69) is 45.8 Å². The Bertz CT molecular complexity index is 755. The molecule has 1 aromatic carbocycles. The number of amides is 1. The highest BCUT2D eigenvalue weighted by molar-refractivity contribution is 7.07. The number of nitrogens with one attached hydrogen (secondary N) is 1. The van der Waals surface area contributed by atoms with Gasteiger partial charge in [0.25, 0.3) is 0 Å².